The standard InChI is InChI=1S/C20H24O4/c1-20-7-6-13-14(16(20)4-5-18(20)22)3-2-11-8-12(9-19(23)24)17(21)10-15(11)13/h8,10,13-14,16,21H,2-7,9H2,1H3,(H,23,24)/t13-,14+,16-,20-/m0/s1. The Morgan fingerprint density at radius 1 is 1.25 bits per heavy atom. The largest absolute Gasteiger partial charge is 0.508 e. The number of rotatable bonds is 2. The predicted molar refractivity (Wildman–Crippen MR) is 89.1 cm³/mol. The van der Waals surface area contributed by atoms with Crippen LogP contribution in [0, 0.1) is 17.3 Å². The first-order valence-corrected chi connectivity index (χ1v) is 9.00. The molecule has 0 aliphatic heterocycles. The van der Waals surface area contributed by atoms with E-state index in [1.54, 1.807) is 0 Å². The second kappa shape index (κ2) is 5.33. The summed E-state index contributed by atoms with van der Waals surface area (Å²) in [5, 5.41) is 19.3. The molecule has 1 aromatic rings. The molecule has 0 saturated heterocycles. The first-order valence-electron chi connectivity index (χ1n) is 9.00. The Morgan fingerprint density at radius 2 is 2.04 bits per heavy atom. The van der Waals surface area contributed by atoms with Gasteiger partial charge in [-0.15, -0.1) is 0 Å². The van der Waals surface area contributed by atoms with Crippen LogP contribution in [-0.4, -0.2) is 22.0 Å². The first-order chi connectivity index (χ1) is 11.4. The number of aromatic hydroxyl groups is 1. The highest BCUT2D eigenvalue weighted by Crippen LogP contribution is 2.59. The van der Waals surface area contributed by atoms with E-state index in [-0.39, 0.29) is 17.6 Å². The maximum absolute atomic E-state index is 12.4. The summed E-state index contributed by atoms with van der Waals surface area (Å²) in [7, 11) is 0. The average molecular weight is 328 g/mol. The van der Waals surface area contributed by atoms with Crippen LogP contribution in [-0.2, 0) is 22.4 Å². The van der Waals surface area contributed by atoms with E-state index in [1.807, 2.05) is 12.1 Å². The predicted octanol–water partition coefficient (Wildman–Crippen LogP) is 3.44. The Balaban J connectivity index is 1.69. The molecule has 0 aromatic heterocycles. The first kappa shape index (κ1) is 15.7. The van der Waals surface area contributed by atoms with Crippen molar-refractivity contribution in [3.05, 3.63) is 28.8 Å². The molecular weight excluding hydrogens is 304 g/mol. The van der Waals surface area contributed by atoms with Crippen LogP contribution in [0.15, 0.2) is 12.1 Å². The number of phenolic OH excluding ortho intramolecular Hbond substituents is 1. The minimum absolute atomic E-state index is 0.104. The molecule has 24 heavy (non-hydrogen) atoms. The zero-order valence-corrected chi connectivity index (χ0v) is 14.0. The molecule has 4 nitrogen and oxygen atoms in total. The molecule has 0 bridgehead atoms. The lowest BCUT2D eigenvalue weighted by atomic mass is 9.55. The molecule has 4 atom stereocenters. The van der Waals surface area contributed by atoms with Crippen molar-refractivity contribution in [1.82, 2.24) is 0 Å². The molecule has 3 aliphatic rings. The van der Waals surface area contributed by atoms with Crippen molar-refractivity contribution in [2.45, 2.75) is 57.8 Å². The van der Waals surface area contributed by atoms with Crippen LogP contribution in [0.25, 0.3) is 0 Å². The second-order valence-electron chi connectivity index (χ2n) is 8.08. The molecule has 0 unspecified atom stereocenters. The molecule has 4 heteroatoms. The number of ketones is 1. The van der Waals surface area contributed by atoms with Crippen molar-refractivity contribution in [1.29, 1.82) is 0 Å². The van der Waals surface area contributed by atoms with Crippen LogP contribution in [0.5, 0.6) is 5.75 Å². The molecule has 3 aliphatic carbocycles. The summed E-state index contributed by atoms with van der Waals surface area (Å²) in [4.78, 5) is 23.3. The molecule has 4 rings (SSSR count). The highest BCUT2D eigenvalue weighted by molar-refractivity contribution is 5.87. The molecule has 2 fully saturated rings. The summed E-state index contributed by atoms with van der Waals surface area (Å²) in [6, 6.07) is 3.70. The van der Waals surface area contributed by atoms with Crippen molar-refractivity contribution < 1.29 is 19.8 Å². The monoisotopic (exact) mass is 328 g/mol. The summed E-state index contributed by atoms with van der Waals surface area (Å²) in [5.74, 6) is 1.02. The number of Topliss-reactive ketones (excluding diaryl/α,β-unsaturated/α-hetero) is 1. The van der Waals surface area contributed by atoms with Gasteiger partial charge in [0.05, 0.1) is 6.42 Å². The quantitative estimate of drug-likeness (QED) is 0.872. The molecule has 0 heterocycles. The van der Waals surface area contributed by atoms with Gasteiger partial charge in [-0.25, -0.2) is 0 Å². The van der Waals surface area contributed by atoms with Crippen LogP contribution in [0.3, 0.4) is 0 Å². The average Bonchev–Trinajstić information content (AvgIpc) is 2.83. The van der Waals surface area contributed by atoms with Gasteiger partial charge in [-0.05, 0) is 67.1 Å². The Hall–Kier alpha value is -1.84. The van der Waals surface area contributed by atoms with Crippen molar-refractivity contribution >= 4 is 11.8 Å². The van der Waals surface area contributed by atoms with Gasteiger partial charge in [-0.3, -0.25) is 9.59 Å². The van der Waals surface area contributed by atoms with E-state index >= 15 is 0 Å². The number of hydrogen-bond acceptors (Lipinski definition) is 3. The third-order valence-electron chi connectivity index (χ3n) is 6.97. The number of phenols is 1. The van der Waals surface area contributed by atoms with Crippen molar-refractivity contribution in [3.63, 3.8) is 0 Å². The topological polar surface area (TPSA) is 74.6 Å². The van der Waals surface area contributed by atoms with Gasteiger partial charge in [-0.2, -0.15) is 0 Å². The summed E-state index contributed by atoms with van der Waals surface area (Å²) < 4.78 is 0. The van der Waals surface area contributed by atoms with E-state index in [9.17, 15) is 14.7 Å². The summed E-state index contributed by atoms with van der Waals surface area (Å²) in [6.45, 7) is 2.16. The van der Waals surface area contributed by atoms with Gasteiger partial charge >= 0.3 is 5.97 Å². The zero-order chi connectivity index (χ0) is 17.1. The molecule has 0 amide bonds. The van der Waals surface area contributed by atoms with Crippen LogP contribution in [0.2, 0.25) is 0 Å². The third-order valence-corrected chi connectivity index (χ3v) is 6.97. The van der Waals surface area contributed by atoms with Gasteiger partial charge in [-0.1, -0.05) is 13.0 Å². The number of carbonyl (C=O) groups excluding carboxylic acids is 1. The number of carbonyl (C=O) groups is 2. The zero-order valence-electron chi connectivity index (χ0n) is 14.0. The lowest BCUT2D eigenvalue weighted by Gasteiger charge is -2.48. The fraction of sp³-hybridized carbons (Fsp3) is 0.600. The normalized spacial score (nSPS) is 34.4. The number of aryl methyl sites for hydroxylation is 1. The molecule has 2 N–H and O–H groups in total. The third kappa shape index (κ3) is 2.19. The van der Waals surface area contributed by atoms with Crippen LogP contribution < -0.4 is 0 Å². The van der Waals surface area contributed by atoms with Gasteiger partial charge < -0.3 is 10.2 Å². The number of carboxylic acid groups (broad SMARTS) is 1. The Labute approximate surface area is 141 Å². The van der Waals surface area contributed by atoms with E-state index in [2.05, 4.69) is 6.92 Å². The molecule has 0 radical (unpaired) electrons. The fourth-order valence-corrected chi connectivity index (χ4v) is 5.74. The minimum atomic E-state index is -0.920. The maximum atomic E-state index is 12.4. The fourth-order valence-electron chi connectivity index (χ4n) is 5.74. The molecule has 2 saturated carbocycles. The number of hydrogen-bond donors (Lipinski definition) is 2. The van der Waals surface area contributed by atoms with Crippen molar-refractivity contribution in [2.24, 2.45) is 17.3 Å². The second-order valence-corrected chi connectivity index (χ2v) is 8.08. The smallest absolute Gasteiger partial charge is 0.307 e. The van der Waals surface area contributed by atoms with E-state index in [1.165, 1.54) is 11.1 Å². The molecular formula is C20H24O4. The SMILES string of the molecule is C[C@]12CC[C@@H]3c4cc(O)c(CC(=O)O)cc4CC[C@H]3[C@@H]1CCC2=O. The lowest BCUT2D eigenvalue weighted by molar-refractivity contribution is -0.136. The summed E-state index contributed by atoms with van der Waals surface area (Å²) in [5.41, 5.74) is 2.76. The number of carboxylic acids is 1. The molecule has 1 aromatic carbocycles. The number of aliphatic carboxylic acids is 1. The van der Waals surface area contributed by atoms with E-state index in [0.717, 1.165) is 38.5 Å². The summed E-state index contributed by atoms with van der Waals surface area (Å²) >= 11 is 0. The number of benzene rings is 1. The van der Waals surface area contributed by atoms with Gasteiger partial charge in [0, 0.05) is 17.4 Å². The van der Waals surface area contributed by atoms with E-state index in [4.69, 9.17) is 5.11 Å². The van der Waals surface area contributed by atoms with Gasteiger partial charge in [0.25, 0.3) is 0 Å². The Bertz CT molecular complexity index is 723. The molecule has 128 valence electrons. The van der Waals surface area contributed by atoms with Gasteiger partial charge in [0.2, 0.25) is 0 Å². The van der Waals surface area contributed by atoms with Crippen LogP contribution in [0.1, 0.15) is 61.6 Å². The molecule has 0 spiro atoms. The van der Waals surface area contributed by atoms with Crippen LogP contribution >= 0.6 is 0 Å². The van der Waals surface area contributed by atoms with Gasteiger partial charge in [0.15, 0.2) is 0 Å². The van der Waals surface area contributed by atoms with E-state index in [0.29, 0.717) is 29.1 Å². The van der Waals surface area contributed by atoms with E-state index < -0.39 is 5.97 Å². The minimum Gasteiger partial charge on any atom is -0.508 e. The highest BCUT2D eigenvalue weighted by Gasteiger charge is 2.54. The van der Waals surface area contributed by atoms with Crippen LogP contribution in [0.4, 0.5) is 0 Å². The maximum Gasteiger partial charge on any atom is 0.307 e. The lowest BCUT2D eigenvalue weighted by Crippen LogP contribution is -2.42. The van der Waals surface area contributed by atoms with Crippen molar-refractivity contribution in [2.75, 3.05) is 0 Å². The Morgan fingerprint density at radius 3 is 2.79 bits per heavy atom. The summed E-state index contributed by atoms with van der Waals surface area (Å²) in [6.07, 6.45) is 5.52. The van der Waals surface area contributed by atoms with Crippen molar-refractivity contribution in [3.8, 4) is 5.75 Å². The number of fused-ring (bicyclic) bond motifs is 5. The van der Waals surface area contributed by atoms with Gasteiger partial charge in [0.1, 0.15) is 11.5 Å². The highest BCUT2D eigenvalue weighted by atomic mass is 16.4. The Kier molecular flexibility index (Phi) is 3.48.